The van der Waals surface area contributed by atoms with Gasteiger partial charge in [0.1, 0.15) is 11.6 Å². The number of nitrogens with zero attached hydrogens (tertiary/aromatic N) is 1. The summed E-state index contributed by atoms with van der Waals surface area (Å²) < 4.78 is 26.8. The number of benzene rings is 1. The average Bonchev–Trinajstić information content (AvgIpc) is 2.65. The van der Waals surface area contributed by atoms with Gasteiger partial charge >= 0.3 is 0 Å². The minimum atomic E-state index is -0.605. The van der Waals surface area contributed by atoms with E-state index in [1.165, 1.54) is 23.1 Å². The third-order valence-corrected chi connectivity index (χ3v) is 3.48. The Kier molecular flexibility index (Phi) is 3.66. The van der Waals surface area contributed by atoms with Gasteiger partial charge in [-0.25, -0.2) is 8.78 Å². The van der Waals surface area contributed by atoms with E-state index in [0.29, 0.717) is 18.7 Å². The van der Waals surface area contributed by atoms with Gasteiger partial charge in [0, 0.05) is 18.5 Å². The van der Waals surface area contributed by atoms with E-state index in [1.54, 1.807) is 0 Å². The molecule has 1 saturated heterocycles. The molecular formula is C12H13F2NOS. The van der Waals surface area contributed by atoms with E-state index >= 15 is 0 Å². The molecule has 0 N–H and O–H groups in total. The van der Waals surface area contributed by atoms with Crippen LogP contribution in [0.4, 0.5) is 8.78 Å². The maximum atomic E-state index is 13.4. The molecule has 5 heteroatoms. The van der Waals surface area contributed by atoms with Crippen LogP contribution in [0.15, 0.2) is 18.2 Å². The van der Waals surface area contributed by atoms with Crippen LogP contribution in [0.2, 0.25) is 0 Å². The molecule has 1 aliphatic heterocycles. The zero-order valence-corrected chi connectivity index (χ0v) is 10.1. The van der Waals surface area contributed by atoms with Crippen molar-refractivity contribution >= 4 is 18.5 Å². The first-order valence-corrected chi connectivity index (χ1v) is 6.06. The Labute approximate surface area is 104 Å². The molecule has 0 spiro atoms. The fourth-order valence-electron chi connectivity index (χ4n) is 2.00. The Morgan fingerprint density at radius 3 is 2.53 bits per heavy atom. The van der Waals surface area contributed by atoms with Crippen molar-refractivity contribution in [3.63, 3.8) is 0 Å². The number of hydrogen-bond acceptors (Lipinski definition) is 2. The molecular weight excluding hydrogens is 244 g/mol. The second kappa shape index (κ2) is 5.04. The summed E-state index contributed by atoms with van der Waals surface area (Å²) in [7, 11) is 0. The zero-order chi connectivity index (χ0) is 12.4. The van der Waals surface area contributed by atoms with E-state index < -0.39 is 11.6 Å². The van der Waals surface area contributed by atoms with Crippen molar-refractivity contribution in [3.8, 4) is 0 Å². The molecule has 2 nitrogen and oxygen atoms in total. The Bertz CT molecular complexity index is 418. The van der Waals surface area contributed by atoms with Gasteiger partial charge in [0.05, 0.1) is 6.54 Å². The maximum absolute atomic E-state index is 13.4. The van der Waals surface area contributed by atoms with Crippen molar-refractivity contribution < 1.29 is 13.6 Å². The molecule has 1 aromatic rings. The number of rotatable bonds is 3. The van der Waals surface area contributed by atoms with Crippen LogP contribution in [0.1, 0.15) is 12.0 Å². The molecule has 92 valence electrons. The highest BCUT2D eigenvalue weighted by molar-refractivity contribution is 7.80. The van der Waals surface area contributed by atoms with E-state index in [9.17, 15) is 13.6 Å². The van der Waals surface area contributed by atoms with Gasteiger partial charge in [-0.05, 0) is 23.8 Å². The first-order chi connectivity index (χ1) is 8.11. The number of carbonyl (C=O) groups is 1. The third kappa shape index (κ3) is 2.60. The lowest BCUT2D eigenvalue weighted by Crippen LogP contribution is -2.25. The molecule has 2 rings (SSSR count). The van der Waals surface area contributed by atoms with Crippen LogP contribution in [-0.2, 0) is 11.3 Å². The number of hydrogen-bond donors (Lipinski definition) is 1. The second-order valence-electron chi connectivity index (χ2n) is 4.23. The highest BCUT2D eigenvalue weighted by Gasteiger charge is 2.29. The maximum Gasteiger partial charge on any atom is 0.223 e. The highest BCUT2D eigenvalue weighted by atomic mass is 32.1. The van der Waals surface area contributed by atoms with Gasteiger partial charge in [-0.3, -0.25) is 4.79 Å². The fraction of sp³-hybridized carbons (Fsp3) is 0.417. The summed E-state index contributed by atoms with van der Waals surface area (Å²) in [6, 6.07) is 3.72. The Morgan fingerprint density at radius 2 is 2.00 bits per heavy atom. The van der Waals surface area contributed by atoms with Crippen molar-refractivity contribution in [2.45, 2.75) is 13.0 Å². The van der Waals surface area contributed by atoms with E-state index in [-0.39, 0.29) is 23.9 Å². The van der Waals surface area contributed by atoms with Crippen LogP contribution in [0.5, 0.6) is 0 Å². The van der Waals surface area contributed by atoms with Gasteiger partial charge in [-0.2, -0.15) is 12.6 Å². The second-order valence-corrected chi connectivity index (χ2v) is 4.59. The summed E-state index contributed by atoms with van der Waals surface area (Å²) in [5.41, 5.74) is -0.0411. The molecule has 1 aliphatic rings. The normalized spacial score (nSPS) is 20.1. The van der Waals surface area contributed by atoms with Crippen LogP contribution in [0.3, 0.4) is 0 Å². The van der Waals surface area contributed by atoms with Gasteiger partial charge in [-0.1, -0.05) is 6.07 Å². The minimum absolute atomic E-state index is 0.00160. The Balaban J connectivity index is 2.14. The summed E-state index contributed by atoms with van der Waals surface area (Å²) in [4.78, 5) is 13.1. The van der Waals surface area contributed by atoms with Crippen molar-refractivity contribution in [1.82, 2.24) is 4.90 Å². The molecule has 1 heterocycles. The SMILES string of the molecule is O=C1CC(CS)CN1Cc1c(F)cccc1F. The molecule has 1 fully saturated rings. The lowest BCUT2D eigenvalue weighted by Gasteiger charge is -2.17. The molecule has 0 radical (unpaired) electrons. The standard InChI is InChI=1S/C12H13F2NOS/c13-10-2-1-3-11(14)9(10)6-15-5-8(7-17)4-12(15)16/h1-3,8,17H,4-7H2. The quantitative estimate of drug-likeness (QED) is 0.823. The molecule has 0 aliphatic carbocycles. The third-order valence-electron chi connectivity index (χ3n) is 2.96. The fourth-order valence-corrected chi connectivity index (χ4v) is 2.25. The number of carbonyl (C=O) groups excluding carboxylic acids is 1. The Hall–Kier alpha value is -1.10. The van der Waals surface area contributed by atoms with E-state index in [2.05, 4.69) is 12.6 Å². The first-order valence-electron chi connectivity index (χ1n) is 5.43. The lowest BCUT2D eigenvalue weighted by atomic mass is 10.1. The summed E-state index contributed by atoms with van der Waals surface area (Å²) in [6.45, 7) is 0.526. The summed E-state index contributed by atoms with van der Waals surface area (Å²) in [5.74, 6) is -0.478. The minimum Gasteiger partial charge on any atom is -0.338 e. The molecule has 1 amide bonds. The summed E-state index contributed by atoms with van der Waals surface area (Å²) in [6.07, 6.45) is 0.416. The molecule has 17 heavy (non-hydrogen) atoms. The molecule has 0 bridgehead atoms. The largest absolute Gasteiger partial charge is 0.338 e. The first kappa shape index (κ1) is 12.4. The van der Waals surface area contributed by atoms with E-state index in [1.807, 2.05) is 0 Å². The van der Waals surface area contributed by atoms with Crippen molar-refractivity contribution in [2.24, 2.45) is 5.92 Å². The zero-order valence-electron chi connectivity index (χ0n) is 9.20. The smallest absolute Gasteiger partial charge is 0.223 e. The highest BCUT2D eigenvalue weighted by Crippen LogP contribution is 2.23. The van der Waals surface area contributed by atoms with Crippen LogP contribution in [0.25, 0.3) is 0 Å². The lowest BCUT2D eigenvalue weighted by molar-refractivity contribution is -0.128. The summed E-state index contributed by atoms with van der Waals surface area (Å²) >= 11 is 4.14. The van der Waals surface area contributed by atoms with E-state index in [0.717, 1.165) is 0 Å². The molecule has 0 saturated carbocycles. The topological polar surface area (TPSA) is 20.3 Å². The van der Waals surface area contributed by atoms with Crippen LogP contribution >= 0.6 is 12.6 Å². The Morgan fingerprint density at radius 1 is 1.35 bits per heavy atom. The van der Waals surface area contributed by atoms with Crippen molar-refractivity contribution in [1.29, 1.82) is 0 Å². The van der Waals surface area contributed by atoms with Gasteiger partial charge in [0.15, 0.2) is 0 Å². The van der Waals surface area contributed by atoms with Crippen LogP contribution < -0.4 is 0 Å². The van der Waals surface area contributed by atoms with Gasteiger partial charge in [0.2, 0.25) is 5.91 Å². The molecule has 1 atom stereocenters. The van der Waals surface area contributed by atoms with Crippen LogP contribution in [-0.4, -0.2) is 23.1 Å². The molecule has 1 aromatic carbocycles. The van der Waals surface area contributed by atoms with Crippen LogP contribution in [0, 0.1) is 17.6 Å². The van der Waals surface area contributed by atoms with E-state index in [4.69, 9.17) is 0 Å². The number of thiol groups is 1. The predicted molar refractivity (Wildman–Crippen MR) is 63.7 cm³/mol. The number of halogens is 2. The van der Waals surface area contributed by atoms with Crippen molar-refractivity contribution in [3.05, 3.63) is 35.4 Å². The van der Waals surface area contributed by atoms with Gasteiger partial charge < -0.3 is 4.90 Å². The molecule has 0 aromatic heterocycles. The monoisotopic (exact) mass is 257 g/mol. The summed E-state index contributed by atoms with van der Waals surface area (Å²) in [5, 5.41) is 0. The van der Waals surface area contributed by atoms with Gasteiger partial charge in [0.25, 0.3) is 0 Å². The average molecular weight is 257 g/mol. The number of likely N-dealkylation sites (tertiary alicyclic amines) is 1. The molecule has 1 unspecified atom stereocenters. The number of amides is 1. The van der Waals surface area contributed by atoms with Crippen molar-refractivity contribution in [2.75, 3.05) is 12.3 Å². The predicted octanol–water partition coefficient (Wildman–Crippen LogP) is 2.24. The van der Waals surface area contributed by atoms with Gasteiger partial charge in [-0.15, -0.1) is 0 Å².